The summed E-state index contributed by atoms with van der Waals surface area (Å²) in [6.45, 7) is 0.598. The van der Waals surface area contributed by atoms with E-state index in [1.54, 1.807) is 18.2 Å². The van der Waals surface area contributed by atoms with Crippen LogP contribution >= 0.6 is 11.6 Å². The minimum absolute atomic E-state index is 0.00652. The first kappa shape index (κ1) is 14.2. The monoisotopic (exact) mass is 311 g/mol. The molecule has 1 fully saturated rings. The second-order valence-corrected chi connectivity index (χ2v) is 5.46. The number of amides is 1. The van der Waals surface area contributed by atoms with Gasteiger partial charge >= 0.3 is 5.97 Å². The molecule has 7 heteroatoms. The summed E-state index contributed by atoms with van der Waals surface area (Å²) in [6, 6.07) is 4.22. The second-order valence-electron chi connectivity index (χ2n) is 5.02. The average Bonchev–Trinajstić information content (AvgIpc) is 2.89. The van der Waals surface area contributed by atoms with E-state index < -0.39 is 18.1 Å². The van der Waals surface area contributed by atoms with Gasteiger partial charge in [0.15, 0.2) is 12.1 Å². The van der Waals surface area contributed by atoms with Gasteiger partial charge in [-0.15, -0.1) is 0 Å². The average molecular weight is 312 g/mol. The Morgan fingerprint density at radius 2 is 2.19 bits per heavy atom. The van der Waals surface area contributed by atoms with Crippen molar-refractivity contribution in [3.8, 4) is 5.75 Å². The Balaban J connectivity index is 1.76. The van der Waals surface area contributed by atoms with Crippen molar-refractivity contribution < 1.29 is 24.2 Å². The molecule has 0 bridgehead atoms. The van der Waals surface area contributed by atoms with Crippen LogP contribution in [-0.4, -0.2) is 53.8 Å². The molecule has 2 heterocycles. The first-order valence-electron chi connectivity index (χ1n) is 6.62. The summed E-state index contributed by atoms with van der Waals surface area (Å²) in [5.41, 5.74) is 0.862. The highest BCUT2D eigenvalue weighted by atomic mass is 35.5. The van der Waals surface area contributed by atoms with Gasteiger partial charge in [-0.1, -0.05) is 11.6 Å². The number of rotatable bonds is 2. The van der Waals surface area contributed by atoms with Crippen molar-refractivity contribution in [2.45, 2.75) is 18.6 Å². The summed E-state index contributed by atoms with van der Waals surface area (Å²) in [5, 5.41) is 9.76. The molecular weight excluding hydrogens is 298 g/mol. The Bertz CT molecular complexity index is 591. The van der Waals surface area contributed by atoms with Crippen molar-refractivity contribution in [2.75, 3.05) is 19.8 Å². The molecule has 3 rings (SSSR count). The van der Waals surface area contributed by atoms with Crippen LogP contribution in [0.25, 0.3) is 0 Å². The molecule has 2 aliphatic rings. The molecule has 2 atom stereocenters. The number of halogens is 1. The number of nitrogens with zero attached hydrogens (tertiary/aromatic N) is 1. The first-order valence-corrected chi connectivity index (χ1v) is 7.00. The highest BCUT2D eigenvalue weighted by molar-refractivity contribution is 6.30. The number of carbonyl (C=O) groups excluding carboxylic acids is 1. The van der Waals surface area contributed by atoms with Gasteiger partial charge in [0.05, 0.1) is 13.2 Å². The van der Waals surface area contributed by atoms with Crippen molar-refractivity contribution in [1.82, 2.24) is 4.90 Å². The fraction of sp³-hybridized carbons (Fsp3) is 0.429. The maximum absolute atomic E-state index is 12.5. The van der Waals surface area contributed by atoms with Gasteiger partial charge in [-0.05, 0) is 23.8 Å². The van der Waals surface area contributed by atoms with Gasteiger partial charge in [0.1, 0.15) is 5.75 Å². The van der Waals surface area contributed by atoms with Crippen LogP contribution in [0, 0.1) is 0 Å². The molecule has 1 aromatic rings. The third kappa shape index (κ3) is 2.69. The van der Waals surface area contributed by atoms with Crippen LogP contribution in [0.4, 0.5) is 0 Å². The fourth-order valence-electron chi connectivity index (χ4n) is 2.61. The van der Waals surface area contributed by atoms with Crippen molar-refractivity contribution in [2.24, 2.45) is 0 Å². The Kier molecular flexibility index (Phi) is 3.73. The Morgan fingerprint density at radius 1 is 1.38 bits per heavy atom. The van der Waals surface area contributed by atoms with Crippen LogP contribution < -0.4 is 4.74 Å². The highest BCUT2D eigenvalue weighted by Gasteiger charge is 2.39. The molecule has 1 amide bonds. The number of carbonyl (C=O) groups is 2. The van der Waals surface area contributed by atoms with Gasteiger partial charge < -0.3 is 19.5 Å². The van der Waals surface area contributed by atoms with E-state index in [2.05, 4.69) is 0 Å². The molecule has 1 saturated heterocycles. The van der Waals surface area contributed by atoms with E-state index in [1.807, 2.05) is 0 Å². The van der Waals surface area contributed by atoms with Gasteiger partial charge in [-0.2, -0.15) is 0 Å². The molecule has 0 aromatic heterocycles. The summed E-state index contributed by atoms with van der Waals surface area (Å²) >= 11 is 5.92. The number of morpholine rings is 1. The zero-order valence-corrected chi connectivity index (χ0v) is 11.9. The first-order chi connectivity index (χ1) is 10.1. The van der Waals surface area contributed by atoms with E-state index in [0.717, 1.165) is 5.56 Å². The number of carboxylic acid groups (broad SMARTS) is 1. The lowest BCUT2D eigenvalue weighted by molar-refractivity contribution is -0.161. The minimum atomic E-state index is -1.07. The summed E-state index contributed by atoms with van der Waals surface area (Å²) in [5.74, 6) is -0.766. The van der Waals surface area contributed by atoms with Gasteiger partial charge in [0, 0.05) is 18.0 Å². The summed E-state index contributed by atoms with van der Waals surface area (Å²) in [7, 11) is 0. The quantitative estimate of drug-likeness (QED) is 0.880. The molecule has 0 saturated carbocycles. The fourth-order valence-corrected chi connectivity index (χ4v) is 2.81. The predicted octanol–water partition coefficient (Wildman–Crippen LogP) is 0.956. The van der Waals surface area contributed by atoms with E-state index >= 15 is 0 Å². The molecule has 112 valence electrons. The molecule has 0 aliphatic carbocycles. The highest BCUT2D eigenvalue weighted by Crippen LogP contribution is 2.32. The van der Waals surface area contributed by atoms with Gasteiger partial charge in [0.2, 0.25) is 0 Å². The Morgan fingerprint density at radius 3 is 2.95 bits per heavy atom. The molecule has 0 spiro atoms. The number of ether oxygens (including phenoxy) is 2. The molecule has 1 aromatic carbocycles. The number of hydrogen-bond acceptors (Lipinski definition) is 4. The molecule has 2 aliphatic heterocycles. The molecule has 1 N–H and O–H groups in total. The van der Waals surface area contributed by atoms with Gasteiger partial charge in [-0.3, -0.25) is 4.79 Å². The van der Waals surface area contributed by atoms with Crippen LogP contribution in [0.5, 0.6) is 5.75 Å². The largest absolute Gasteiger partial charge is 0.480 e. The smallest absolute Gasteiger partial charge is 0.328 e. The third-order valence-corrected chi connectivity index (χ3v) is 3.90. The number of hydrogen-bond donors (Lipinski definition) is 1. The van der Waals surface area contributed by atoms with Crippen LogP contribution in [0.15, 0.2) is 18.2 Å². The second kappa shape index (κ2) is 5.54. The number of aliphatic carboxylic acids is 1. The lowest BCUT2D eigenvalue weighted by Gasteiger charge is -2.34. The summed E-state index contributed by atoms with van der Waals surface area (Å²) in [6.07, 6.45) is -0.295. The van der Waals surface area contributed by atoms with Crippen molar-refractivity contribution in [3.05, 3.63) is 28.8 Å². The summed E-state index contributed by atoms with van der Waals surface area (Å²) in [4.78, 5) is 25.1. The molecule has 0 radical (unpaired) electrons. The van der Waals surface area contributed by atoms with E-state index in [0.29, 0.717) is 23.8 Å². The van der Waals surface area contributed by atoms with Crippen molar-refractivity contribution >= 4 is 23.5 Å². The Labute approximate surface area is 126 Å². The number of benzene rings is 1. The predicted molar refractivity (Wildman–Crippen MR) is 73.5 cm³/mol. The SMILES string of the molecule is O=C(O)[C@H]1COCCN1C(=O)[C@H]1Cc2cc(Cl)ccc2O1. The van der Waals surface area contributed by atoms with Crippen LogP contribution in [-0.2, 0) is 20.7 Å². The van der Waals surface area contributed by atoms with Gasteiger partial charge in [-0.25, -0.2) is 4.79 Å². The van der Waals surface area contributed by atoms with E-state index in [4.69, 9.17) is 21.1 Å². The molecular formula is C14H14ClNO5. The van der Waals surface area contributed by atoms with E-state index in [9.17, 15) is 14.7 Å². The normalized spacial score (nSPS) is 24.3. The topological polar surface area (TPSA) is 76.1 Å². The lowest BCUT2D eigenvalue weighted by atomic mass is 10.1. The minimum Gasteiger partial charge on any atom is -0.480 e. The van der Waals surface area contributed by atoms with Gasteiger partial charge in [0.25, 0.3) is 5.91 Å². The molecule has 0 unspecified atom stereocenters. The Hall–Kier alpha value is -1.79. The van der Waals surface area contributed by atoms with Crippen LogP contribution in [0.3, 0.4) is 0 Å². The maximum atomic E-state index is 12.5. The maximum Gasteiger partial charge on any atom is 0.328 e. The van der Waals surface area contributed by atoms with Crippen LogP contribution in [0.1, 0.15) is 5.56 Å². The number of carboxylic acids is 1. The lowest BCUT2D eigenvalue weighted by Crippen LogP contribution is -2.56. The van der Waals surface area contributed by atoms with E-state index in [1.165, 1.54) is 4.90 Å². The zero-order chi connectivity index (χ0) is 15.0. The zero-order valence-electron chi connectivity index (χ0n) is 11.1. The van der Waals surface area contributed by atoms with E-state index in [-0.39, 0.29) is 19.1 Å². The third-order valence-electron chi connectivity index (χ3n) is 3.67. The molecule has 21 heavy (non-hydrogen) atoms. The summed E-state index contributed by atoms with van der Waals surface area (Å²) < 4.78 is 10.8. The number of fused-ring (bicyclic) bond motifs is 1. The standard InChI is InChI=1S/C14H14ClNO5/c15-9-1-2-11-8(5-9)6-12(21-11)13(17)16-3-4-20-7-10(16)14(18)19/h1-2,5,10,12H,3-4,6-7H2,(H,18,19)/t10-,12-/m1/s1. The van der Waals surface area contributed by atoms with Crippen LogP contribution in [0.2, 0.25) is 5.02 Å². The molecule has 6 nitrogen and oxygen atoms in total. The van der Waals surface area contributed by atoms with Crippen molar-refractivity contribution in [3.63, 3.8) is 0 Å². The van der Waals surface area contributed by atoms with Crippen molar-refractivity contribution in [1.29, 1.82) is 0 Å².